The highest BCUT2D eigenvalue weighted by Gasteiger charge is 2.32. The van der Waals surface area contributed by atoms with Gasteiger partial charge in [-0.15, -0.1) is 0 Å². The summed E-state index contributed by atoms with van der Waals surface area (Å²) in [5.41, 5.74) is 3.92. The summed E-state index contributed by atoms with van der Waals surface area (Å²) in [5.74, 6) is -0.298. The third-order valence-corrected chi connectivity index (χ3v) is 3.94. The second-order valence-corrected chi connectivity index (χ2v) is 5.14. The van der Waals surface area contributed by atoms with E-state index in [1.165, 1.54) is 12.1 Å². The first-order chi connectivity index (χ1) is 9.66. The lowest BCUT2D eigenvalue weighted by atomic mass is 9.93. The number of ketones is 1. The van der Waals surface area contributed by atoms with Crippen molar-refractivity contribution < 1.29 is 9.18 Å². The van der Waals surface area contributed by atoms with Crippen LogP contribution >= 0.6 is 0 Å². The summed E-state index contributed by atoms with van der Waals surface area (Å²) in [6.45, 7) is 1.88. The van der Waals surface area contributed by atoms with Crippen LogP contribution < -0.4 is 0 Å². The van der Waals surface area contributed by atoms with Gasteiger partial charge in [0.05, 0.1) is 5.92 Å². The molecule has 0 saturated heterocycles. The Bertz CT molecular complexity index is 668. The molecule has 2 aromatic carbocycles. The zero-order valence-electron chi connectivity index (χ0n) is 11.3. The van der Waals surface area contributed by atoms with Crippen molar-refractivity contribution in [3.05, 3.63) is 77.1 Å². The molecule has 20 heavy (non-hydrogen) atoms. The zero-order valence-corrected chi connectivity index (χ0v) is 11.3. The number of halogens is 1. The van der Waals surface area contributed by atoms with Gasteiger partial charge in [0.25, 0.3) is 0 Å². The van der Waals surface area contributed by atoms with Crippen LogP contribution in [0.5, 0.6) is 0 Å². The number of rotatable bonds is 2. The van der Waals surface area contributed by atoms with Crippen molar-refractivity contribution in [2.24, 2.45) is 0 Å². The van der Waals surface area contributed by atoms with Gasteiger partial charge in [0, 0.05) is 0 Å². The molecule has 100 valence electrons. The molecule has 1 aliphatic rings. The Labute approximate surface area is 117 Å². The fraction of sp³-hybridized carbons (Fsp3) is 0.167. The van der Waals surface area contributed by atoms with Crippen molar-refractivity contribution in [1.29, 1.82) is 0 Å². The Hall–Kier alpha value is -2.22. The molecule has 0 unspecified atom stereocenters. The molecule has 0 fully saturated rings. The average Bonchev–Trinajstić information content (AvgIpc) is 2.77. The van der Waals surface area contributed by atoms with Gasteiger partial charge in [0.1, 0.15) is 5.82 Å². The molecular weight excluding hydrogens is 251 g/mol. The number of carbonyl (C=O) groups is 1. The Morgan fingerprint density at radius 1 is 1.00 bits per heavy atom. The van der Waals surface area contributed by atoms with E-state index < -0.39 is 0 Å². The molecule has 0 aromatic heterocycles. The number of hydrogen-bond acceptors (Lipinski definition) is 1. The van der Waals surface area contributed by atoms with Crippen LogP contribution in [0.2, 0.25) is 0 Å². The molecular formula is C18H15FO. The summed E-state index contributed by atoms with van der Waals surface area (Å²) >= 11 is 0. The van der Waals surface area contributed by atoms with Crippen molar-refractivity contribution in [2.45, 2.75) is 19.3 Å². The van der Waals surface area contributed by atoms with E-state index in [2.05, 4.69) is 0 Å². The topological polar surface area (TPSA) is 17.1 Å². The molecule has 0 saturated carbocycles. The summed E-state index contributed by atoms with van der Waals surface area (Å²) in [5, 5.41) is 0. The van der Waals surface area contributed by atoms with Crippen LogP contribution in [0.15, 0.2) is 60.2 Å². The number of hydrogen-bond donors (Lipinski definition) is 0. The van der Waals surface area contributed by atoms with E-state index in [1.54, 1.807) is 12.1 Å². The van der Waals surface area contributed by atoms with Gasteiger partial charge in [0.15, 0.2) is 5.78 Å². The predicted octanol–water partition coefficient (Wildman–Crippen LogP) is 4.36. The molecule has 1 nitrogen and oxygen atoms in total. The fourth-order valence-electron chi connectivity index (χ4n) is 2.80. The monoisotopic (exact) mass is 266 g/mol. The van der Waals surface area contributed by atoms with E-state index in [0.717, 1.165) is 22.3 Å². The fourth-order valence-corrected chi connectivity index (χ4v) is 2.80. The summed E-state index contributed by atoms with van der Waals surface area (Å²) in [4.78, 5) is 12.4. The predicted molar refractivity (Wildman–Crippen MR) is 77.8 cm³/mol. The molecule has 0 radical (unpaired) electrons. The van der Waals surface area contributed by atoms with Crippen molar-refractivity contribution in [3.63, 3.8) is 0 Å². The molecule has 0 spiro atoms. The van der Waals surface area contributed by atoms with E-state index in [9.17, 15) is 9.18 Å². The first kappa shape index (κ1) is 12.8. The second-order valence-electron chi connectivity index (χ2n) is 5.14. The van der Waals surface area contributed by atoms with E-state index in [1.807, 2.05) is 37.3 Å². The number of Topliss-reactive ketones (excluding diaryl/α,β-unsaturated/α-hetero) is 1. The lowest BCUT2D eigenvalue weighted by Crippen LogP contribution is -2.07. The summed E-state index contributed by atoms with van der Waals surface area (Å²) in [6, 6.07) is 16.2. The SMILES string of the molecule is CC1=C(c2ccccc2)C[C@@H](c2ccc(F)cc2)C1=O. The Balaban J connectivity index is 1.94. The van der Waals surface area contributed by atoms with Gasteiger partial charge in [0.2, 0.25) is 0 Å². The Morgan fingerprint density at radius 2 is 1.65 bits per heavy atom. The summed E-state index contributed by atoms with van der Waals surface area (Å²) < 4.78 is 13.0. The summed E-state index contributed by atoms with van der Waals surface area (Å²) in [6.07, 6.45) is 0.695. The maximum atomic E-state index is 13.0. The first-order valence-corrected chi connectivity index (χ1v) is 6.71. The molecule has 0 N–H and O–H groups in total. The van der Waals surface area contributed by atoms with Crippen LogP contribution in [0.1, 0.15) is 30.4 Å². The van der Waals surface area contributed by atoms with Crippen LogP contribution in [0.3, 0.4) is 0 Å². The molecule has 1 atom stereocenters. The highest BCUT2D eigenvalue weighted by Crippen LogP contribution is 2.40. The van der Waals surface area contributed by atoms with E-state index in [4.69, 9.17) is 0 Å². The number of allylic oxidation sites excluding steroid dienone is 2. The van der Waals surface area contributed by atoms with E-state index in [0.29, 0.717) is 6.42 Å². The lowest BCUT2D eigenvalue weighted by Gasteiger charge is -2.09. The van der Waals surface area contributed by atoms with Crippen LogP contribution in [0.25, 0.3) is 5.57 Å². The van der Waals surface area contributed by atoms with Gasteiger partial charge in [-0.2, -0.15) is 0 Å². The molecule has 1 aliphatic carbocycles. The van der Waals surface area contributed by atoms with Crippen LogP contribution in [-0.2, 0) is 4.79 Å². The van der Waals surface area contributed by atoms with Gasteiger partial charge < -0.3 is 0 Å². The minimum atomic E-state index is -0.271. The van der Waals surface area contributed by atoms with Crippen molar-refractivity contribution >= 4 is 11.4 Å². The minimum Gasteiger partial charge on any atom is -0.294 e. The largest absolute Gasteiger partial charge is 0.294 e. The van der Waals surface area contributed by atoms with Crippen LogP contribution in [0.4, 0.5) is 4.39 Å². The Morgan fingerprint density at radius 3 is 2.30 bits per heavy atom. The van der Waals surface area contributed by atoms with Gasteiger partial charge in [-0.1, -0.05) is 42.5 Å². The van der Waals surface area contributed by atoms with Crippen molar-refractivity contribution in [2.75, 3.05) is 0 Å². The maximum Gasteiger partial charge on any atom is 0.166 e. The molecule has 0 heterocycles. The number of carbonyl (C=O) groups excluding carboxylic acids is 1. The van der Waals surface area contributed by atoms with Gasteiger partial charge in [-0.25, -0.2) is 4.39 Å². The van der Waals surface area contributed by atoms with E-state index in [-0.39, 0.29) is 17.5 Å². The van der Waals surface area contributed by atoms with E-state index >= 15 is 0 Å². The molecule has 2 aromatic rings. The normalized spacial score (nSPS) is 18.7. The lowest BCUT2D eigenvalue weighted by molar-refractivity contribution is -0.116. The highest BCUT2D eigenvalue weighted by molar-refractivity contribution is 6.10. The van der Waals surface area contributed by atoms with Crippen LogP contribution in [0, 0.1) is 5.82 Å². The molecule has 0 amide bonds. The van der Waals surface area contributed by atoms with Crippen molar-refractivity contribution in [3.8, 4) is 0 Å². The number of benzene rings is 2. The Kier molecular flexibility index (Phi) is 3.23. The maximum absolute atomic E-state index is 13.0. The summed E-state index contributed by atoms with van der Waals surface area (Å²) in [7, 11) is 0. The molecule has 0 aliphatic heterocycles. The third kappa shape index (κ3) is 2.18. The van der Waals surface area contributed by atoms with Gasteiger partial charge >= 0.3 is 0 Å². The minimum absolute atomic E-state index is 0.149. The molecule has 0 bridgehead atoms. The third-order valence-electron chi connectivity index (χ3n) is 3.94. The zero-order chi connectivity index (χ0) is 14.1. The standard InChI is InChI=1S/C18H15FO/c1-12-16(13-5-3-2-4-6-13)11-17(18(12)20)14-7-9-15(19)10-8-14/h2-10,17H,11H2,1H3/t17-/m0/s1. The molecule has 2 heteroatoms. The average molecular weight is 266 g/mol. The molecule has 3 rings (SSSR count). The smallest absolute Gasteiger partial charge is 0.166 e. The van der Waals surface area contributed by atoms with Crippen LogP contribution in [-0.4, -0.2) is 5.78 Å². The quantitative estimate of drug-likeness (QED) is 0.789. The van der Waals surface area contributed by atoms with Gasteiger partial charge in [-0.05, 0) is 47.8 Å². The van der Waals surface area contributed by atoms with Crippen molar-refractivity contribution in [1.82, 2.24) is 0 Å². The first-order valence-electron chi connectivity index (χ1n) is 6.71. The highest BCUT2D eigenvalue weighted by atomic mass is 19.1. The second kappa shape index (κ2) is 5.04. The van der Waals surface area contributed by atoms with Gasteiger partial charge in [-0.3, -0.25) is 4.79 Å².